The molecule has 0 spiro atoms. The van der Waals surface area contributed by atoms with Crippen molar-refractivity contribution in [2.24, 2.45) is 0 Å². The van der Waals surface area contributed by atoms with Crippen molar-refractivity contribution in [3.63, 3.8) is 0 Å². The van der Waals surface area contributed by atoms with E-state index in [1.165, 1.54) is 0 Å². The standard InChI is InChI=1S/C19H22N2O3/c1-3-21(16-6-4-5-14(2)11-16)19(22)13-20-15-7-8-17-18(12-15)24-10-9-23-17/h4-8,11-12,20H,3,9-10,13H2,1-2H3. The monoisotopic (exact) mass is 326 g/mol. The van der Waals surface area contributed by atoms with Gasteiger partial charge in [0.1, 0.15) is 13.2 Å². The fraction of sp³-hybridized carbons (Fsp3) is 0.316. The number of carbonyl (C=O) groups excluding carboxylic acids is 1. The van der Waals surface area contributed by atoms with Crippen molar-refractivity contribution < 1.29 is 14.3 Å². The summed E-state index contributed by atoms with van der Waals surface area (Å²) in [5.74, 6) is 1.48. The number of nitrogens with zero attached hydrogens (tertiary/aromatic N) is 1. The number of carbonyl (C=O) groups is 1. The lowest BCUT2D eigenvalue weighted by Gasteiger charge is -2.22. The van der Waals surface area contributed by atoms with Gasteiger partial charge in [0.25, 0.3) is 0 Å². The molecule has 3 rings (SSSR count). The Bertz CT molecular complexity index is 730. The minimum absolute atomic E-state index is 0.0259. The van der Waals surface area contributed by atoms with E-state index in [0.29, 0.717) is 25.5 Å². The van der Waals surface area contributed by atoms with Crippen molar-refractivity contribution in [3.8, 4) is 11.5 Å². The summed E-state index contributed by atoms with van der Waals surface area (Å²) in [6, 6.07) is 13.6. The molecule has 5 heteroatoms. The van der Waals surface area contributed by atoms with Gasteiger partial charge < -0.3 is 19.7 Å². The van der Waals surface area contributed by atoms with Crippen LogP contribution in [0.4, 0.5) is 11.4 Å². The molecule has 0 aromatic heterocycles. The quantitative estimate of drug-likeness (QED) is 0.916. The highest BCUT2D eigenvalue weighted by molar-refractivity contribution is 5.96. The van der Waals surface area contributed by atoms with E-state index in [4.69, 9.17) is 9.47 Å². The molecule has 126 valence electrons. The van der Waals surface area contributed by atoms with Crippen molar-refractivity contribution in [2.75, 3.05) is 36.5 Å². The van der Waals surface area contributed by atoms with Crippen LogP contribution in [-0.4, -0.2) is 32.2 Å². The normalized spacial score (nSPS) is 12.6. The van der Waals surface area contributed by atoms with Gasteiger partial charge in [-0.05, 0) is 43.7 Å². The number of hydrogen-bond donors (Lipinski definition) is 1. The minimum atomic E-state index is 0.0259. The first-order chi connectivity index (χ1) is 11.7. The lowest BCUT2D eigenvalue weighted by atomic mass is 10.2. The van der Waals surface area contributed by atoms with Crippen LogP contribution in [0, 0.1) is 6.92 Å². The molecule has 0 saturated heterocycles. The molecule has 0 fully saturated rings. The number of nitrogens with one attached hydrogen (secondary N) is 1. The third kappa shape index (κ3) is 3.62. The van der Waals surface area contributed by atoms with Gasteiger partial charge in [0, 0.05) is 24.0 Å². The van der Waals surface area contributed by atoms with Crippen molar-refractivity contribution >= 4 is 17.3 Å². The fourth-order valence-corrected chi connectivity index (χ4v) is 2.73. The van der Waals surface area contributed by atoms with Crippen molar-refractivity contribution in [1.29, 1.82) is 0 Å². The van der Waals surface area contributed by atoms with Gasteiger partial charge in [0.15, 0.2) is 11.5 Å². The van der Waals surface area contributed by atoms with Crippen LogP contribution in [0.25, 0.3) is 0 Å². The van der Waals surface area contributed by atoms with Gasteiger partial charge >= 0.3 is 0 Å². The van der Waals surface area contributed by atoms with E-state index in [-0.39, 0.29) is 12.5 Å². The number of amides is 1. The molecule has 0 saturated carbocycles. The molecular weight excluding hydrogens is 304 g/mol. The zero-order chi connectivity index (χ0) is 16.9. The van der Waals surface area contributed by atoms with E-state index < -0.39 is 0 Å². The zero-order valence-corrected chi connectivity index (χ0v) is 14.0. The van der Waals surface area contributed by atoms with Gasteiger partial charge in [-0.2, -0.15) is 0 Å². The molecule has 1 N–H and O–H groups in total. The maximum atomic E-state index is 12.6. The number of anilines is 2. The van der Waals surface area contributed by atoms with Crippen molar-refractivity contribution in [1.82, 2.24) is 0 Å². The van der Waals surface area contributed by atoms with E-state index in [2.05, 4.69) is 5.32 Å². The fourth-order valence-electron chi connectivity index (χ4n) is 2.73. The maximum Gasteiger partial charge on any atom is 0.246 e. The number of ether oxygens (including phenoxy) is 2. The second-order valence-corrected chi connectivity index (χ2v) is 5.69. The van der Waals surface area contributed by atoms with Crippen LogP contribution in [0.15, 0.2) is 42.5 Å². The summed E-state index contributed by atoms with van der Waals surface area (Å²) in [5.41, 5.74) is 2.90. The van der Waals surface area contributed by atoms with Crippen LogP contribution in [0.3, 0.4) is 0 Å². The van der Waals surface area contributed by atoms with Crippen LogP contribution in [-0.2, 0) is 4.79 Å². The Hall–Kier alpha value is -2.69. The van der Waals surface area contributed by atoms with E-state index in [9.17, 15) is 4.79 Å². The van der Waals surface area contributed by atoms with Crippen molar-refractivity contribution in [3.05, 3.63) is 48.0 Å². The largest absolute Gasteiger partial charge is 0.486 e. The zero-order valence-electron chi connectivity index (χ0n) is 14.0. The van der Waals surface area contributed by atoms with E-state index in [0.717, 1.165) is 22.7 Å². The molecule has 1 aliphatic heterocycles. The smallest absolute Gasteiger partial charge is 0.246 e. The predicted molar refractivity (Wildman–Crippen MR) is 95.1 cm³/mol. The van der Waals surface area contributed by atoms with Gasteiger partial charge in [0.05, 0.1) is 6.54 Å². The molecule has 2 aromatic carbocycles. The number of aryl methyl sites for hydroxylation is 1. The maximum absolute atomic E-state index is 12.6. The van der Waals surface area contributed by atoms with Gasteiger partial charge in [-0.3, -0.25) is 4.79 Å². The molecule has 0 unspecified atom stereocenters. The Balaban J connectivity index is 1.66. The van der Waals surface area contributed by atoms with Crippen LogP contribution >= 0.6 is 0 Å². The highest BCUT2D eigenvalue weighted by atomic mass is 16.6. The molecule has 0 atom stereocenters. The summed E-state index contributed by atoms with van der Waals surface area (Å²) in [6.07, 6.45) is 0. The number of hydrogen-bond acceptors (Lipinski definition) is 4. The first-order valence-electron chi connectivity index (χ1n) is 8.18. The molecule has 0 radical (unpaired) electrons. The van der Waals surface area contributed by atoms with Crippen LogP contribution in [0.2, 0.25) is 0 Å². The highest BCUT2D eigenvalue weighted by Gasteiger charge is 2.15. The first kappa shape index (κ1) is 16.2. The van der Waals surface area contributed by atoms with Crippen LogP contribution < -0.4 is 19.7 Å². The molecule has 24 heavy (non-hydrogen) atoms. The average Bonchev–Trinajstić information content (AvgIpc) is 2.60. The third-order valence-electron chi connectivity index (χ3n) is 3.92. The Kier molecular flexibility index (Phi) is 4.89. The molecule has 1 aliphatic rings. The molecule has 1 amide bonds. The highest BCUT2D eigenvalue weighted by Crippen LogP contribution is 2.32. The van der Waals surface area contributed by atoms with E-state index in [1.807, 2.05) is 56.3 Å². The topological polar surface area (TPSA) is 50.8 Å². The molecule has 0 bridgehead atoms. The Morgan fingerprint density at radius 2 is 1.92 bits per heavy atom. The van der Waals surface area contributed by atoms with E-state index >= 15 is 0 Å². The molecule has 5 nitrogen and oxygen atoms in total. The Morgan fingerprint density at radius 3 is 2.67 bits per heavy atom. The van der Waals surface area contributed by atoms with Gasteiger partial charge in [-0.1, -0.05) is 12.1 Å². The van der Waals surface area contributed by atoms with Gasteiger partial charge in [-0.15, -0.1) is 0 Å². The van der Waals surface area contributed by atoms with Crippen LogP contribution in [0.5, 0.6) is 11.5 Å². The SMILES string of the molecule is CCN(C(=O)CNc1ccc2c(c1)OCCO2)c1cccc(C)c1. The van der Waals surface area contributed by atoms with Gasteiger partial charge in [0.2, 0.25) is 5.91 Å². The Morgan fingerprint density at radius 1 is 1.12 bits per heavy atom. The lowest BCUT2D eigenvalue weighted by Crippen LogP contribution is -2.35. The van der Waals surface area contributed by atoms with Gasteiger partial charge in [-0.25, -0.2) is 0 Å². The van der Waals surface area contributed by atoms with Crippen LogP contribution in [0.1, 0.15) is 12.5 Å². The third-order valence-corrected chi connectivity index (χ3v) is 3.92. The number of fused-ring (bicyclic) bond motifs is 1. The summed E-state index contributed by atoms with van der Waals surface area (Å²) >= 11 is 0. The second-order valence-electron chi connectivity index (χ2n) is 5.69. The number of benzene rings is 2. The predicted octanol–water partition coefficient (Wildman–Crippen LogP) is 3.23. The van der Waals surface area contributed by atoms with Crippen molar-refractivity contribution in [2.45, 2.75) is 13.8 Å². The molecule has 2 aromatic rings. The summed E-state index contributed by atoms with van der Waals surface area (Å²) < 4.78 is 11.1. The molecule has 1 heterocycles. The molecular formula is C19H22N2O3. The summed E-state index contributed by atoms with van der Waals surface area (Å²) in [5, 5.41) is 3.17. The minimum Gasteiger partial charge on any atom is -0.486 e. The number of rotatable bonds is 5. The second kappa shape index (κ2) is 7.25. The lowest BCUT2D eigenvalue weighted by molar-refractivity contribution is -0.116. The number of likely N-dealkylation sites (N-methyl/N-ethyl adjacent to an activating group) is 1. The Labute approximate surface area is 142 Å². The summed E-state index contributed by atoms with van der Waals surface area (Å²) in [4.78, 5) is 14.3. The first-order valence-corrected chi connectivity index (χ1v) is 8.18. The summed E-state index contributed by atoms with van der Waals surface area (Å²) in [6.45, 7) is 5.97. The molecule has 0 aliphatic carbocycles. The average molecular weight is 326 g/mol. The van der Waals surface area contributed by atoms with E-state index in [1.54, 1.807) is 4.90 Å². The summed E-state index contributed by atoms with van der Waals surface area (Å²) in [7, 11) is 0.